The van der Waals surface area contributed by atoms with Gasteiger partial charge in [-0.3, -0.25) is 4.79 Å². The van der Waals surface area contributed by atoms with Crippen molar-refractivity contribution < 1.29 is 13.6 Å². The maximum absolute atomic E-state index is 13.1. The molecule has 19 heavy (non-hydrogen) atoms. The second-order valence-electron chi connectivity index (χ2n) is 5.31. The Morgan fingerprint density at radius 3 is 2.42 bits per heavy atom. The summed E-state index contributed by atoms with van der Waals surface area (Å²) in [5.41, 5.74) is 5.55. The summed E-state index contributed by atoms with van der Waals surface area (Å²) in [5.74, 6) is -2.97. The van der Waals surface area contributed by atoms with Gasteiger partial charge in [0, 0.05) is 37.8 Å². The molecule has 2 N–H and O–H groups in total. The minimum Gasteiger partial charge on any atom is -0.393 e. The number of hydrogen-bond acceptors (Lipinski definition) is 2. The van der Waals surface area contributed by atoms with Crippen LogP contribution < -0.4 is 5.73 Å². The van der Waals surface area contributed by atoms with Crippen LogP contribution in [0.15, 0.2) is 0 Å². The number of amides is 1. The average Bonchev–Trinajstić information content (AvgIpc) is 2.34. The van der Waals surface area contributed by atoms with Crippen molar-refractivity contribution in [2.75, 3.05) is 13.1 Å². The highest BCUT2D eigenvalue weighted by Crippen LogP contribution is 2.36. The minimum atomic E-state index is -2.60. The van der Waals surface area contributed by atoms with Crippen LogP contribution in [0, 0.1) is 11.8 Å². The molecule has 1 aliphatic rings. The molecular formula is C13H22F2N2OS. The standard InChI is InChI=1S/C13H22F2N2OS/c1-3-17(8-9(2)11(16)19)12(18)10-4-6-13(14,15)7-5-10/h9-10H,3-8H2,1-2H3,(H2,16,19). The number of hydrogen-bond donors (Lipinski definition) is 1. The van der Waals surface area contributed by atoms with E-state index in [1.54, 1.807) is 4.90 Å². The quantitative estimate of drug-likeness (QED) is 0.792. The molecule has 0 spiro atoms. The first kappa shape index (κ1) is 16.3. The van der Waals surface area contributed by atoms with Crippen LogP contribution in [-0.2, 0) is 4.79 Å². The molecule has 6 heteroatoms. The van der Waals surface area contributed by atoms with Crippen LogP contribution in [0.3, 0.4) is 0 Å². The molecule has 110 valence electrons. The largest absolute Gasteiger partial charge is 0.393 e. The van der Waals surface area contributed by atoms with E-state index in [4.69, 9.17) is 18.0 Å². The van der Waals surface area contributed by atoms with Gasteiger partial charge < -0.3 is 10.6 Å². The van der Waals surface area contributed by atoms with Gasteiger partial charge in [0.15, 0.2) is 0 Å². The summed E-state index contributed by atoms with van der Waals surface area (Å²) in [4.78, 5) is 14.4. The average molecular weight is 292 g/mol. The van der Waals surface area contributed by atoms with Crippen LogP contribution in [0.4, 0.5) is 8.78 Å². The molecule has 0 aromatic rings. The third-order valence-electron chi connectivity index (χ3n) is 3.74. The number of alkyl halides is 2. The summed E-state index contributed by atoms with van der Waals surface area (Å²) >= 11 is 4.90. The van der Waals surface area contributed by atoms with Crippen LogP contribution in [0.5, 0.6) is 0 Å². The number of thiocarbonyl (C=S) groups is 1. The van der Waals surface area contributed by atoms with Crippen molar-refractivity contribution in [3.8, 4) is 0 Å². The lowest BCUT2D eigenvalue weighted by molar-refractivity contribution is -0.139. The maximum Gasteiger partial charge on any atom is 0.248 e. The molecule has 1 fully saturated rings. The lowest BCUT2D eigenvalue weighted by Gasteiger charge is -2.32. The van der Waals surface area contributed by atoms with E-state index in [0.717, 1.165) is 0 Å². The Morgan fingerprint density at radius 1 is 1.47 bits per heavy atom. The molecular weight excluding hydrogens is 270 g/mol. The molecule has 0 heterocycles. The van der Waals surface area contributed by atoms with Crippen molar-refractivity contribution in [2.24, 2.45) is 17.6 Å². The smallest absolute Gasteiger partial charge is 0.248 e. The first-order valence-electron chi connectivity index (χ1n) is 6.72. The number of nitrogens with two attached hydrogens (primary N) is 1. The highest BCUT2D eigenvalue weighted by atomic mass is 32.1. The molecule has 0 aromatic heterocycles. The molecule has 0 saturated heterocycles. The molecule has 0 aromatic carbocycles. The van der Waals surface area contributed by atoms with E-state index < -0.39 is 5.92 Å². The maximum atomic E-state index is 13.1. The van der Waals surface area contributed by atoms with Crippen LogP contribution in [0.25, 0.3) is 0 Å². The van der Waals surface area contributed by atoms with Crippen molar-refractivity contribution in [3.05, 3.63) is 0 Å². The summed E-state index contributed by atoms with van der Waals surface area (Å²) < 4.78 is 26.2. The van der Waals surface area contributed by atoms with E-state index in [-0.39, 0.29) is 43.4 Å². The summed E-state index contributed by atoms with van der Waals surface area (Å²) in [6.45, 7) is 4.77. The van der Waals surface area contributed by atoms with Gasteiger partial charge in [0.05, 0.1) is 4.99 Å². The lowest BCUT2D eigenvalue weighted by Crippen LogP contribution is -2.43. The van der Waals surface area contributed by atoms with Crippen LogP contribution >= 0.6 is 12.2 Å². The fraction of sp³-hybridized carbons (Fsp3) is 0.846. The van der Waals surface area contributed by atoms with E-state index in [0.29, 0.717) is 18.1 Å². The molecule has 1 unspecified atom stereocenters. The Balaban J connectivity index is 2.57. The Morgan fingerprint density at radius 2 is 2.00 bits per heavy atom. The van der Waals surface area contributed by atoms with Crippen molar-refractivity contribution in [3.63, 3.8) is 0 Å². The number of nitrogens with zero attached hydrogens (tertiary/aromatic N) is 1. The SMILES string of the molecule is CCN(CC(C)C(N)=S)C(=O)C1CCC(F)(F)CC1. The first-order chi connectivity index (χ1) is 8.76. The highest BCUT2D eigenvalue weighted by molar-refractivity contribution is 7.80. The van der Waals surface area contributed by atoms with E-state index in [9.17, 15) is 13.6 Å². The normalized spacial score (nSPS) is 20.8. The van der Waals surface area contributed by atoms with Crippen LogP contribution in [0.1, 0.15) is 39.5 Å². The number of halogens is 2. The highest BCUT2D eigenvalue weighted by Gasteiger charge is 2.38. The van der Waals surface area contributed by atoms with Gasteiger partial charge in [0.2, 0.25) is 11.8 Å². The minimum absolute atomic E-state index is 0.0406. The Labute approximate surface area is 118 Å². The zero-order valence-electron chi connectivity index (χ0n) is 11.5. The van der Waals surface area contributed by atoms with Gasteiger partial charge in [-0.2, -0.15) is 0 Å². The number of carbonyl (C=O) groups is 1. The van der Waals surface area contributed by atoms with E-state index in [2.05, 4.69) is 0 Å². The molecule has 1 atom stereocenters. The Bertz CT molecular complexity index is 340. The van der Waals surface area contributed by atoms with Gasteiger partial charge in [0.1, 0.15) is 0 Å². The molecule has 1 saturated carbocycles. The molecule has 0 radical (unpaired) electrons. The third-order valence-corrected chi connectivity index (χ3v) is 4.14. The summed E-state index contributed by atoms with van der Waals surface area (Å²) in [6.07, 6.45) is 0.158. The fourth-order valence-electron chi connectivity index (χ4n) is 2.34. The van der Waals surface area contributed by atoms with Crippen molar-refractivity contribution in [2.45, 2.75) is 45.5 Å². The van der Waals surface area contributed by atoms with E-state index >= 15 is 0 Å². The lowest BCUT2D eigenvalue weighted by atomic mass is 9.85. The second-order valence-corrected chi connectivity index (χ2v) is 5.78. The van der Waals surface area contributed by atoms with Gasteiger partial charge in [-0.1, -0.05) is 19.1 Å². The van der Waals surface area contributed by atoms with E-state index in [1.165, 1.54) is 0 Å². The van der Waals surface area contributed by atoms with Crippen molar-refractivity contribution >= 4 is 23.1 Å². The molecule has 3 nitrogen and oxygen atoms in total. The number of rotatable bonds is 5. The predicted molar refractivity (Wildman–Crippen MR) is 75.1 cm³/mol. The Kier molecular flexibility index (Phi) is 5.64. The molecule has 1 rings (SSSR count). The number of carbonyl (C=O) groups excluding carboxylic acids is 1. The zero-order valence-corrected chi connectivity index (χ0v) is 12.3. The predicted octanol–water partition coefficient (Wildman–Crippen LogP) is 2.58. The topological polar surface area (TPSA) is 46.3 Å². The van der Waals surface area contributed by atoms with E-state index in [1.807, 2.05) is 13.8 Å². The van der Waals surface area contributed by atoms with Gasteiger partial charge in [-0.05, 0) is 19.8 Å². The van der Waals surface area contributed by atoms with Gasteiger partial charge in [-0.15, -0.1) is 0 Å². The zero-order chi connectivity index (χ0) is 14.6. The monoisotopic (exact) mass is 292 g/mol. The van der Waals surface area contributed by atoms with Crippen molar-refractivity contribution in [1.29, 1.82) is 0 Å². The second kappa shape index (κ2) is 6.59. The molecule has 0 aliphatic heterocycles. The van der Waals surface area contributed by atoms with Gasteiger partial charge in [-0.25, -0.2) is 8.78 Å². The molecule has 1 aliphatic carbocycles. The third kappa shape index (κ3) is 4.67. The van der Waals surface area contributed by atoms with Gasteiger partial charge in [0.25, 0.3) is 0 Å². The summed E-state index contributed by atoms with van der Waals surface area (Å²) in [5, 5.41) is 0. The Hall–Kier alpha value is -0.780. The van der Waals surface area contributed by atoms with Crippen LogP contribution in [0.2, 0.25) is 0 Å². The fourth-order valence-corrected chi connectivity index (χ4v) is 2.42. The van der Waals surface area contributed by atoms with Gasteiger partial charge >= 0.3 is 0 Å². The van der Waals surface area contributed by atoms with Crippen molar-refractivity contribution in [1.82, 2.24) is 4.90 Å². The first-order valence-corrected chi connectivity index (χ1v) is 7.13. The summed E-state index contributed by atoms with van der Waals surface area (Å²) in [7, 11) is 0. The van der Waals surface area contributed by atoms with Crippen LogP contribution in [-0.4, -0.2) is 34.8 Å². The summed E-state index contributed by atoms with van der Waals surface area (Å²) in [6, 6.07) is 0. The molecule has 1 amide bonds. The molecule has 0 bridgehead atoms.